The molecule has 0 radical (unpaired) electrons. The molecular weight excluding hydrogens is 330 g/mol. The second-order valence-electron chi connectivity index (χ2n) is 5.95. The van der Waals surface area contributed by atoms with Crippen LogP contribution in [-0.4, -0.2) is 25.7 Å². The number of aromatic nitrogens is 3. The molecule has 0 saturated carbocycles. The molecule has 2 aromatic heterocycles. The van der Waals surface area contributed by atoms with Gasteiger partial charge in [0.2, 0.25) is 5.91 Å². The van der Waals surface area contributed by atoms with E-state index in [2.05, 4.69) is 22.1 Å². The molecule has 0 aliphatic rings. The zero-order chi connectivity index (χ0) is 17.4. The fourth-order valence-electron chi connectivity index (χ4n) is 3.03. The van der Waals surface area contributed by atoms with Crippen molar-refractivity contribution in [1.29, 1.82) is 0 Å². The summed E-state index contributed by atoms with van der Waals surface area (Å²) in [6.07, 6.45) is 1.72. The molecule has 25 heavy (non-hydrogen) atoms. The van der Waals surface area contributed by atoms with Crippen LogP contribution in [0.5, 0.6) is 0 Å². The molecule has 0 amide bonds. The lowest BCUT2D eigenvalue weighted by Crippen LogP contribution is -2.21. The summed E-state index contributed by atoms with van der Waals surface area (Å²) in [7, 11) is 0. The van der Waals surface area contributed by atoms with E-state index in [1.165, 1.54) is 11.8 Å². The van der Waals surface area contributed by atoms with E-state index in [0.29, 0.717) is 5.16 Å². The first-order chi connectivity index (χ1) is 12.1. The van der Waals surface area contributed by atoms with Crippen LogP contribution in [0.1, 0.15) is 17.4 Å². The largest absolute Gasteiger partial charge is 0.279 e. The fourth-order valence-corrected chi connectivity index (χ4v) is 3.87. The minimum absolute atomic E-state index is 0.0347. The number of fused-ring (bicyclic) bond motifs is 3. The van der Waals surface area contributed by atoms with Crippen LogP contribution in [-0.2, 0) is 0 Å². The molecular formula is C20H17N3OS. The van der Waals surface area contributed by atoms with E-state index >= 15 is 0 Å². The minimum atomic E-state index is -0.291. The number of rotatable bonds is 3. The highest BCUT2D eigenvalue weighted by atomic mass is 32.2. The highest BCUT2D eigenvalue weighted by Gasteiger charge is 2.22. The van der Waals surface area contributed by atoms with Gasteiger partial charge in [0.1, 0.15) is 0 Å². The Labute approximate surface area is 149 Å². The minimum Gasteiger partial charge on any atom is -0.279 e. The third-order valence-electron chi connectivity index (χ3n) is 4.20. The molecule has 0 saturated heterocycles. The van der Waals surface area contributed by atoms with Crippen molar-refractivity contribution < 1.29 is 4.79 Å². The van der Waals surface area contributed by atoms with Gasteiger partial charge in [-0.25, -0.2) is 9.97 Å². The third kappa shape index (κ3) is 2.81. The first-order valence-electron chi connectivity index (χ1n) is 8.14. The van der Waals surface area contributed by atoms with Gasteiger partial charge in [-0.05, 0) is 32.0 Å². The molecule has 0 aliphatic heterocycles. The Morgan fingerprint density at radius 1 is 1.00 bits per heavy atom. The maximum absolute atomic E-state index is 13.2. The molecule has 2 heterocycles. The Hall–Kier alpha value is -2.66. The summed E-state index contributed by atoms with van der Waals surface area (Å²) in [6.45, 7) is 3.83. The molecule has 0 bridgehead atoms. The van der Waals surface area contributed by atoms with Crippen LogP contribution in [0, 0.1) is 6.92 Å². The molecule has 1 atom stereocenters. The number of hydrogen-bond donors (Lipinski definition) is 0. The van der Waals surface area contributed by atoms with Crippen molar-refractivity contribution in [2.75, 3.05) is 0 Å². The zero-order valence-corrected chi connectivity index (χ0v) is 14.8. The molecule has 0 spiro atoms. The summed E-state index contributed by atoms with van der Waals surface area (Å²) in [5.41, 5.74) is 2.77. The Morgan fingerprint density at radius 2 is 1.60 bits per heavy atom. The molecule has 0 N–H and O–H groups in total. The summed E-state index contributed by atoms with van der Waals surface area (Å²) in [4.78, 5) is 21.9. The number of hydrogen-bond acceptors (Lipinski definition) is 4. The molecule has 0 fully saturated rings. The van der Waals surface area contributed by atoms with Gasteiger partial charge in [-0.3, -0.25) is 9.36 Å². The van der Waals surface area contributed by atoms with Gasteiger partial charge >= 0.3 is 0 Å². The van der Waals surface area contributed by atoms with Crippen molar-refractivity contribution in [3.63, 3.8) is 0 Å². The van der Waals surface area contributed by atoms with E-state index in [4.69, 9.17) is 0 Å². The lowest BCUT2D eigenvalue weighted by Gasteiger charge is -2.12. The van der Waals surface area contributed by atoms with Gasteiger partial charge in [0, 0.05) is 22.7 Å². The summed E-state index contributed by atoms with van der Waals surface area (Å²) >= 11 is 1.39. The van der Waals surface area contributed by atoms with E-state index in [0.717, 1.165) is 27.5 Å². The molecule has 4 aromatic rings. The molecule has 0 unspecified atom stereocenters. The normalized spacial score (nSPS) is 12.6. The summed E-state index contributed by atoms with van der Waals surface area (Å²) in [6, 6.07) is 17.9. The van der Waals surface area contributed by atoms with Crippen molar-refractivity contribution in [3.8, 4) is 0 Å². The molecule has 4 rings (SSSR count). The highest BCUT2D eigenvalue weighted by Crippen LogP contribution is 2.30. The fraction of sp³-hybridized carbons (Fsp3) is 0.150. The quantitative estimate of drug-likeness (QED) is 0.398. The Bertz CT molecular complexity index is 1030. The third-order valence-corrected chi connectivity index (χ3v) is 5.17. The lowest BCUT2D eigenvalue weighted by molar-refractivity contribution is 0.0925. The standard InChI is InChI=1S/C20H17N3OS/c1-13-11-12-21-20(22-13)25-14(2)19(24)23-17-9-5-3-7-15(17)16-8-4-6-10-18(16)23/h3-12,14H,1-2H3/t14-/m1/s1. The molecule has 5 heteroatoms. The van der Waals surface area contributed by atoms with E-state index in [1.54, 1.807) is 6.20 Å². The van der Waals surface area contributed by atoms with E-state index in [1.807, 2.05) is 60.9 Å². The van der Waals surface area contributed by atoms with E-state index in [-0.39, 0.29) is 11.2 Å². The Kier molecular flexibility index (Phi) is 4.01. The average Bonchev–Trinajstić information content (AvgIpc) is 2.95. The summed E-state index contributed by atoms with van der Waals surface area (Å²) in [5, 5.41) is 2.52. The predicted octanol–water partition coefficient (Wildman–Crippen LogP) is 4.71. The highest BCUT2D eigenvalue weighted by molar-refractivity contribution is 8.00. The van der Waals surface area contributed by atoms with Gasteiger partial charge in [0.25, 0.3) is 0 Å². The second-order valence-corrected chi connectivity index (χ2v) is 7.26. The number of aryl methyl sites for hydroxylation is 1. The smallest absolute Gasteiger partial charge is 0.244 e. The number of nitrogens with zero attached hydrogens (tertiary/aromatic N) is 3. The zero-order valence-electron chi connectivity index (χ0n) is 14.0. The Balaban J connectivity index is 1.78. The van der Waals surface area contributed by atoms with Gasteiger partial charge in [0.05, 0.1) is 16.3 Å². The predicted molar refractivity (Wildman–Crippen MR) is 102 cm³/mol. The SMILES string of the molecule is Cc1ccnc(S[C@H](C)C(=O)n2c3ccccc3c3ccccc32)n1. The van der Waals surface area contributed by atoms with Crippen molar-refractivity contribution in [2.24, 2.45) is 0 Å². The van der Waals surface area contributed by atoms with Gasteiger partial charge in [0.15, 0.2) is 5.16 Å². The van der Waals surface area contributed by atoms with Gasteiger partial charge in [-0.15, -0.1) is 0 Å². The molecule has 4 nitrogen and oxygen atoms in total. The van der Waals surface area contributed by atoms with Crippen molar-refractivity contribution in [3.05, 3.63) is 66.5 Å². The van der Waals surface area contributed by atoms with Crippen molar-refractivity contribution >= 4 is 39.5 Å². The number of thioether (sulfide) groups is 1. The lowest BCUT2D eigenvalue weighted by atomic mass is 10.2. The van der Waals surface area contributed by atoms with E-state index in [9.17, 15) is 4.79 Å². The van der Waals surface area contributed by atoms with Crippen LogP contribution in [0.25, 0.3) is 21.8 Å². The summed E-state index contributed by atoms with van der Waals surface area (Å²) < 4.78 is 1.82. The van der Waals surface area contributed by atoms with Gasteiger partial charge in [-0.2, -0.15) is 0 Å². The van der Waals surface area contributed by atoms with Gasteiger partial charge in [-0.1, -0.05) is 48.2 Å². The monoisotopic (exact) mass is 347 g/mol. The van der Waals surface area contributed by atoms with Crippen molar-refractivity contribution in [1.82, 2.24) is 14.5 Å². The average molecular weight is 347 g/mol. The van der Waals surface area contributed by atoms with Crippen LogP contribution < -0.4 is 0 Å². The first kappa shape index (κ1) is 15.8. The summed E-state index contributed by atoms with van der Waals surface area (Å²) in [5.74, 6) is 0.0347. The van der Waals surface area contributed by atoms with Crippen LogP contribution in [0.4, 0.5) is 0 Å². The first-order valence-corrected chi connectivity index (χ1v) is 9.02. The molecule has 124 valence electrons. The second kappa shape index (κ2) is 6.33. The molecule has 0 aliphatic carbocycles. The van der Waals surface area contributed by atoms with E-state index < -0.39 is 0 Å². The van der Waals surface area contributed by atoms with Crippen LogP contribution >= 0.6 is 11.8 Å². The number of carbonyl (C=O) groups excluding carboxylic acids is 1. The maximum Gasteiger partial charge on any atom is 0.244 e. The number of para-hydroxylation sites is 2. The molecule has 2 aromatic carbocycles. The maximum atomic E-state index is 13.2. The number of benzene rings is 2. The van der Waals surface area contributed by atoms with Gasteiger partial charge < -0.3 is 0 Å². The van der Waals surface area contributed by atoms with Crippen molar-refractivity contribution in [2.45, 2.75) is 24.3 Å². The topological polar surface area (TPSA) is 47.8 Å². The van der Waals surface area contributed by atoms with Crippen LogP contribution in [0.2, 0.25) is 0 Å². The van der Waals surface area contributed by atoms with Crippen LogP contribution in [0.15, 0.2) is 66.0 Å². The Morgan fingerprint density at radius 3 is 2.20 bits per heavy atom. The number of carbonyl (C=O) groups is 1. The van der Waals surface area contributed by atoms with Crippen LogP contribution in [0.3, 0.4) is 0 Å².